The molecule has 2 atom stereocenters. The average Bonchev–Trinajstić information content (AvgIpc) is 2.78. The maximum Gasteiger partial charge on any atom is 0.246 e. The lowest BCUT2D eigenvalue weighted by Crippen LogP contribution is -2.23. The summed E-state index contributed by atoms with van der Waals surface area (Å²) in [6, 6.07) is -0.707. The number of aliphatic hydroxyl groups excluding tert-OH is 1. The van der Waals surface area contributed by atoms with E-state index in [2.05, 4.69) is 20.1 Å². The van der Waals surface area contributed by atoms with E-state index >= 15 is 0 Å². The van der Waals surface area contributed by atoms with E-state index in [1.54, 1.807) is 19.3 Å². The van der Waals surface area contributed by atoms with Gasteiger partial charge in [-0.15, -0.1) is 0 Å². The molecule has 17 heavy (non-hydrogen) atoms. The second-order valence-corrected chi connectivity index (χ2v) is 3.81. The molecule has 3 N–H and O–H groups in total. The molecule has 0 radical (unpaired) electrons. The van der Waals surface area contributed by atoms with E-state index in [4.69, 9.17) is 10.3 Å². The lowest BCUT2D eigenvalue weighted by atomic mass is 10.2. The Bertz CT molecular complexity index is 494. The standard InChI is InChI=1S/C10H13N5O2/c1-5-3-12-8(13-4-5)9-14-10(17-15-9)7(11)6(2)16/h3-4,6-7,16H,11H2,1-2H3. The highest BCUT2D eigenvalue weighted by Gasteiger charge is 2.20. The third kappa shape index (κ3) is 2.45. The van der Waals surface area contributed by atoms with Gasteiger partial charge in [-0.05, 0) is 19.4 Å². The minimum atomic E-state index is -0.762. The van der Waals surface area contributed by atoms with E-state index in [0.29, 0.717) is 5.82 Å². The van der Waals surface area contributed by atoms with Gasteiger partial charge < -0.3 is 15.4 Å². The third-order valence-corrected chi connectivity index (χ3v) is 2.23. The minimum Gasteiger partial charge on any atom is -0.391 e. The van der Waals surface area contributed by atoms with Crippen LogP contribution in [-0.2, 0) is 0 Å². The fourth-order valence-electron chi connectivity index (χ4n) is 1.18. The number of aliphatic hydroxyl groups is 1. The van der Waals surface area contributed by atoms with Gasteiger partial charge in [0, 0.05) is 12.4 Å². The molecule has 0 aromatic carbocycles. The van der Waals surface area contributed by atoms with Crippen LogP contribution in [0.15, 0.2) is 16.9 Å². The van der Waals surface area contributed by atoms with Crippen molar-refractivity contribution in [3.8, 4) is 11.6 Å². The summed E-state index contributed by atoms with van der Waals surface area (Å²) in [5.74, 6) is 0.790. The van der Waals surface area contributed by atoms with Gasteiger partial charge in [0.15, 0.2) is 0 Å². The second kappa shape index (κ2) is 4.56. The van der Waals surface area contributed by atoms with Crippen LogP contribution in [-0.4, -0.2) is 31.3 Å². The Morgan fingerprint density at radius 3 is 2.53 bits per heavy atom. The molecule has 0 saturated carbocycles. The van der Waals surface area contributed by atoms with Crippen LogP contribution < -0.4 is 5.73 Å². The van der Waals surface area contributed by atoms with Crippen molar-refractivity contribution in [2.45, 2.75) is 26.0 Å². The predicted molar refractivity (Wildman–Crippen MR) is 58.7 cm³/mol. The molecule has 0 saturated heterocycles. The molecule has 0 aliphatic carbocycles. The molecule has 0 aliphatic rings. The first kappa shape index (κ1) is 11.6. The van der Waals surface area contributed by atoms with Crippen molar-refractivity contribution in [2.24, 2.45) is 5.73 Å². The van der Waals surface area contributed by atoms with Crippen LogP contribution in [0.2, 0.25) is 0 Å². The van der Waals surface area contributed by atoms with E-state index in [1.165, 1.54) is 0 Å². The quantitative estimate of drug-likeness (QED) is 0.782. The molecule has 2 aromatic heterocycles. The van der Waals surface area contributed by atoms with E-state index < -0.39 is 12.1 Å². The summed E-state index contributed by atoms with van der Waals surface area (Å²) in [4.78, 5) is 12.2. The first-order valence-corrected chi connectivity index (χ1v) is 5.14. The minimum absolute atomic E-state index is 0.166. The Balaban J connectivity index is 2.26. The molecule has 2 heterocycles. The van der Waals surface area contributed by atoms with Crippen molar-refractivity contribution in [3.05, 3.63) is 23.8 Å². The van der Waals surface area contributed by atoms with Gasteiger partial charge in [-0.2, -0.15) is 4.98 Å². The van der Waals surface area contributed by atoms with Crippen LogP contribution >= 0.6 is 0 Å². The Hall–Kier alpha value is -1.86. The van der Waals surface area contributed by atoms with Gasteiger partial charge in [-0.25, -0.2) is 9.97 Å². The van der Waals surface area contributed by atoms with E-state index in [9.17, 15) is 5.11 Å². The van der Waals surface area contributed by atoms with E-state index in [1.807, 2.05) is 6.92 Å². The summed E-state index contributed by atoms with van der Waals surface area (Å²) in [5.41, 5.74) is 6.61. The summed E-state index contributed by atoms with van der Waals surface area (Å²) < 4.78 is 4.95. The van der Waals surface area contributed by atoms with Crippen LogP contribution in [0.1, 0.15) is 24.4 Å². The Morgan fingerprint density at radius 1 is 1.29 bits per heavy atom. The van der Waals surface area contributed by atoms with Gasteiger partial charge in [-0.1, -0.05) is 5.16 Å². The summed E-state index contributed by atoms with van der Waals surface area (Å²) in [5, 5.41) is 13.0. The van der Waals surface area contributed by atoms with E-state index in [-0.39, 0.29) is 11.7 Å². The summed E-state index contributed by atoms with van der Waals surface area (Å²) in [6.07, 6.45) is 2.56. The number of hydrogen-bond acceptors (Lipinski definition) is 7. The number of rotatable bonds is 3. The molecular weight excluding hydrogens is 222 g/mol. The largest absolute Gasteiger partial charge is 0.391 e. The third-order valence-electron chi connectivity index (χ3n) is 2.23. The normalized spacial score (nSPS) is 14.6. The topological polar surface area (TPSA) is 111 Å². The van der Waals surface area contributed by atoms with Crippen LogP contribution in [0, 0.1) is 6.92 Å². The molecule has 0 aliphatic heterocycles. The molecule has 7 heteroatoms. The highest BCUT2D eigenvalue weighted by atomic mass is 16.5. The second-order valence-electron chi connectivity index (χ2n) is 3.81. The number of hydrogen-bond donors (Lipinski definition) is 2. The fraction of sp³-hybridized carbons (Fsp3) is 0.400. The number of aromatic nitrogens is 4. The Kier molecular flexibility index (Phi) is 3.12. The van der Waals surface area contributed by atoms with Crippen LogP contribution in [0.3, 0.4) is 0 Å². The number of aryl methyl sites for hydroxylation is 1. The van der Waals surface area contributed by atoms with Crippen molar-refractivity contribution in [1.29, 1.82) is 0 Å². The lowest BCUT2D eigenvalue weighted by Gasteiger charge is -2.08. The van der Waals surface area contributed by atoms with Gasteiger partial charge in [0.05, 0.1) is 6.10 Å². The molecule has 7 nitrogen and oxygen atoms in total. The van der Waals surface area contributed by atoms with Gasteiger partial charge in [0.25, 0.3) is 0 Å². The van der Waals surface area contributed by atoms with Gasteiger partial charge in [0.2, 0.25) is 17.5 Å². The fourth-order valence-corrected chi connectivity index (χ4v) is 1.18. The van der Waals surface area contributed by atoms with Gasteiger partial charge in [-0.3, -0.25) is 0 Å². The number of nitrogens with zero attached hydrogens (tertiary/aromatic N) is 4. The van der Waals surface area contributed by atoms with Crippen molar-refractivity contribution in [3.63, 3.8) is 0 Å². The molecule has 2 unspecified atom stereocenters. The Morgan fingerprint density at radius 2 is 1.94 bits per heavy atom. The van der Waals surface area contributed by atoms with Gasteiger partial charge in [0.1, 0.15) is 6.04 Å². The van der Waals surface area contributed by atoms with Crippen LogP contribution in [0.4, 0.5) is 0 Å². The highest BCUT2D eigenvalue weighted by molar-refractivity contribution is 5.41. The molecule has 0 amide bonds. The summed E-state index contributed by atoms with van der Waals surface area (Å²) in [7, 11) is 0. The summed E-state index contributed by atoms with van der Waals surface area (Å²) in [6.45, 7) is 3.44. The van der Waals surface area contributed by atoms with Crippen molar-refractivity contribution in [1.82, 2.24) is 20.1 Å². The highest BCUT2D eigenvalue weighted by Crippen LogP contribution is 2.16. The van der Waals surface area contributed by atoms with Crippen molar-refractivity contribution < 1.29 is 9.63 Å². The maximum atomic E-state index is 9.31. The predicted octanol–water partition coefficient (Wildman–Crippen LogP) is 0.216. The molecular formula is C10H13N5O2. The van der Waals surface area contributed by atoms with E-state index in [0.717, 1.165) is 5.56 Å². The maximum absolute atomic E-state index is 9.31. The zero-order valence-corrected chi connectivity index (χ0v) is 9.53. The first-order valence-electron chi connectivity index (χ1n) is 5.14. The smallest absolute Gasteiger partial charge is 0.246 e. The molecule has 2 aromatic rings. The van der Waals surface area contributed by atoms with Crippen LogP contribution in [0.5, 0.6) is 0 Å². The van der Waals surface area contributed by atoms with Gasteiger partial charge >= 0.3 is 0 Å². The first-order chi connectivity index (χ1) is 8.08. The molecule has 0 spiro atoms. The Labute approximate surface area is 97.7 Å². The zero-order valence-electron chi connectivity index (χ0n) is 9.53. The average molecular weight is 235 g/mol. The molecule has 90 valence electrons. The summed E-state index contributed by atoms with van der Waals surface area (Å²) >= 11 is 0. The number of nitrogens with two attached hydrogens (primary N) is 1. The van der Waals surface area contributed by atoms with Crippen molar-refractivity contribution in [2.75, 3.05) is 0 Å². The zero-order chi connectivity index (χ0) is 12.4. The van der Waals surface area contributed by atoms with Crippen LogP contribution in [0.25, 0.3) is 11.6 Å². The SMILES string of the molecule is Cc1cnc(-c2noc(C(N)C(C)O)n2)nc1. The molecule has 2 rings (SSSR count). The monoisotopic (exact) mass is 235 g/mol. The molecule has 0 fully saturated rings. The molecule has 0 bridgehead atoms. The van der Waals surface area contributed by atoms with Crippen molar-refractivity contribution >= 4 is 0 Å². The lowest BCUT2D eigenvalue weighted by molar-refractivity contribution is 0.146.